The van der Waals surface area contributed by atoms with Crippen molar-refractivity contribution in [2.24, 2.45) is 0 Å². The van der Waals surface area contributed by atoms with E-state index in [2.05, 4.69) is 154 Å². The van der Waals surface area contributed by atoms with Crippen LogP contribution in [0.5, 0.6) is 0 Å². The Balaban J connectivity index is 4.53. The predicted molar refractivity (Wildman–Crippen MR) is 279 cm³/mol. The summed E-state index contributed by atoms with van der Waals surface area (Å²) in [7, 11) is 0. The molecular weight excluding hydrogens is 805 g/mol. The SMILES string of the molecule is CC/C=C\C/C=C\C/C=C\C/C=C\C/C=C\CCCCCCCC(=O)OCC(COC(=O)CCCCC/C=C\C/C=C\C/C=C\CC)OC(=O)CC/C=C\C/C=C\C/C=C\C/C=C\CC. The molecule has 0 bridgehead atoms. The van der Waals surface area contributed by atoms with Crippen LogP contribution in [0.15, 0.2) is 146 Å². The van der Waals surface area contributed by atoms with E-state index in [1.54, 1.807) is 0 Å². The minimum Gasteiger partial charge on any atom is -0.462 e. The Morgan fingerprint density at radius 1 is 0.308 bits per heavy atom. The number of esters is 3. The molecule has 0 rings (SSSR count). The maximum atomic E-state index is 12.7. The average molecular weight is 895 g/mol. The van der Waals surface area contributed by atoms with Crippen LogP contribution >= 0.6 is 0 Å². The molecule has 0 aliphatic carbocycles. The van der Waals surface area contributed by atoms with Gasteiger partial charge in [-0.25, -0.2) is 0 Å². The van der Waals surface area contributed by atoms with Crippen LogP contribution in [-0.4, -0.2) is 37.2 Å². The lowest BCUT2D eigenvalue weighted by molar-refractivity contribution is -0.166. The molecule has 0 aromatic heterocycles. The molecular formula is C59H90O6. The summed E-state index contributed by atoms with van der Waals surface area (Å²) in [4.78, 5) is 37.9. The van der Waals surface area contributed by atoms with Crippen LogP contribution in [0.2, 0.25) is 0 Å². The highest BCUT2D eigenvalue weighted by molar-refractivity contribution is 5.71. The fourth-order valence-electron chi connectivity index (χ4n) is 6.14. The molecule has 0 aromatic carbocycles. The third-order valence-corrected chi connectivity index (χ3v) is 9.83. The van der Waals surface area contributed by atoms with Gasteiger partial charge in [-0.1, -0.05) is 192 Å². The van der Waals surface area contributed by atoms with Crippen molar-refractivity contribution in [3.05, 3.63) is 146 Å². The summed E-state index contributed by atoms with van der Waals surface area (Å²) < 4.78 is 16.7. The topological polar surface area (TPSA) is 78.9 Å². The number of ether oxygens (including phenoxy) is 3. The summed E-state index contributed by atoms with van der Waals surface area (Å²) in [5.74, 6) is -1.08. The molecule has 0 aliphatic heterocycles. The van der Waals surface area contributed by atoms with Gasteiger partial charge in [0, 0.05) is 19.3 Å². The molecule has 6 nitrogen and oxygen atoms in total. The Labute approximate surface area is 397 Å². The van der Waals surface area contributed by atoms with E-state index in [1.807, 2.05) is 12.2 Å². The van der Waals surface area contributed by atoms with Gasteiger partial charge in [0.2, 0.25) is 0 Å². The number of unbranched alkanes of at least 4 members (excludes halogenated alkanes) is 8. The van der Waals surface area contributed by atoms with Gasteiger partial charge in [0.05, 0.1) is 0 Å². The van der Waals surface area contributed by atoms with Gasteiger partial charge in [-0.2, -0.15) is 0 Å². The molecule has 0 saturated heterocycles. The van der Waals surface area contributed by atoms with Gasteiger partial charge in [0.25, 0.3) is 0 Å². The second-order valence-electron chi connectivity index (χ2n) is 15.9. The van der Waals surface area contributed by atoms with Gasteiger partial charge in [-0.05, 0) is 122 Å². The predicted octanol–water partition coefficient (Wildman–Crippen LogP) is 16.9. The van der Waals surface area contributed by atoms with Crippen LogP contribution in [0.25, 0.3) is 0 Å². The Hall–Kier alpha value is -4.71. The standard InChI is InChI=1S/C59H90O6/c1-4-7-10-13-16-19-22-25-26-27-28-29-30-31-32-35-37-40-43-46-49-52-58(61)64-55-56(65-59(62)53-50-47-44-41-38-34-24-21-18-15-12-9-6-3)54-63-57(60)51-48-45-42-39-36-33-23-20-17-14-11-8-5-2/h7-12,16-21,25-26,28-29,31-34,36,38,44,47,56H,4-6,13-15,22-24,27,30,35,37,39-43,45-46,48-55H2,1-3H3/b10-7-,11-8-,12-9-,19-16-,20-17-,21-18-,26-25-,29-28-,32-31-,36-33-,38-34-,47-44-. The number of carbonyl (C=O) groups is 3. The largest absolute Gasteiger partial charge is 0.462 e. The van der Waals surface area contributed by atoms with E-state index in [-0.39, 0.29) is 31.6 Å². The van der Waals surface area contributed by atoms with Gasteiger partial charge < -0.3 is 14.2 Å². The van der Waals surface area contributed by atoms with Crippen LogP contribution < -0.4 is 0 Å². The molecule has 0 aromatic rings. The quantitative estimate of drug-likeness (QED) is 0.0263. The van der Waals surface area contributed by atoms with Crippen molar-refractivity contribution in [2.45, 2.75) is 194 Å². The zero-order valence-electron chi connectivity index (χ0n) is 41.2. The Kier molecular flexibility index (Phi) is 48.2. The Bertz CT molecular complexity index is 1490. The molecule has 65 heavy (non-hydrogen) atoms. The normalized spacial score (nSPS) is 13.3. The van der Waals surface area contributed by atoms with Crippen molar-refractivity contribution in [1.29, 1.82) is 0 Å². The first-order valence-electron chi connectivity index (χ1n) is 25.3. The van der Waals surface area contributed by atoms with Crippen molar-refractivity contribution >= 4 is 17.9 Å². The van der Waals surface area contributed by atoms with E-state index >= 15 is 0 Å². The molecule has 0 amide bonds. The highest BCUT2D eigenvalue weighted by Gasteiger charge is 2.19. The van der Waals surface area contributed by atoms with Crippen LogP contribution in [0.3, 0.4) is 0 Å². The molecule has 0 N–H and O–H groups in total. The van der Waals surface area contributed by atoms with E-state index in [1.165, 1.54) is 0 Å². The Morgan fingerprint density at radius 3 is 0.938 bits per heavy atom. The first-order chi connectivity index (χ1) is 32.0. The van der Waals surface area contributed by atoms with E-state index in [4.69, 9.17) is 14.2 Å². The third-order valence-electron chi connectivity index (χ3n) is 9.83. The molecule has 0 heterocycles. The maximum absolute atomic E-state index is 12.7. The van der Waals surface area contributed by atoms with E-state index in [0.29, 0.717) is 19.3 Å². The lowest BCUT2D eigenvalue weighted by Crippen LogP contribution is -2.30. The molecule has 0 spiro atoms. The summed E-state index contributed by atoms with van der Waals surface area (Å²) in [6, 6.07) is 0. The maximum Gasteiger partial charge on any atom is 0.306 e. The summed E-state index contributed by atoms with van der Waals surface area (Å²) >= 11 is 0. The first kappa shape index (κ1) is 60.3. The van der Waals surface area contributed by atoms with Crippen molar-refractivity contribution < 1.29 is 28.6 Å². The van der Waals surface area contributed by atoms with Gasteiger partial charge in [-0.3, -0.25) is 14.4 Å². The summed E-state index contributed by atoms with van der Waals surface area (Å²) in [6.45, 7) is 6.15. The zero-order chi connectivity index (χ0) is 47.2. The summed E-state index contributed by atoms with van der Waals surface area (Å²) in [5.41, 5.74) is 0. The number of hydrogen-bond acceptors (Lipinski definition) is 6. The third kappa shape index (κ3) is 50.2. The lowest BCUT2D eigenvalue weighted by atomic mass is 10.1. The summed E-state index contributed by atoms with van der Waals surface area (Å²) in [6.07, 6.45) is 74.2. The fourth-order valence-corrected chi connectivity index (χ4v) is 6.14. The van der Waals surface area contributed by atoms with Crippen molar-refractivity contribution in [2.75, 3.05) is 13.2 Å². The van der Waals surface area contributed by atoms with Gasteiger partial charge in [-0.15, -0.1) is 0 Å². The molecule has 0 fully saturated rings. The minimum absolute atomic E-state index is 0.133. The van der Waals surface area contributed by atoms with Crippen molar-refractivity contribution in [1.82, 2.24) is 0 Å². The van der Waals surface area contributed by atoms with Crippen molar-refractivity contribution in [3.8, 4) is 0 Å². The van der Waals surface area contributed by atoms with Gasteiger partial charge >= 0.3 is 17.9 Å². The molecule has 0 radical (unpaired) electrons. The second-order valence-corrected chi connectivity index (χ2v) is 15.9. The lowest BCUT2D eigenvalue weighted by Gasteiger charge is -2.18. The van der Waals surface area contributed by atoms with Crippen LogP contribution in [-0.2, 0) is 28.6 Å². The number of rotatable bonds is 43. The molecule has 1 unspecified atom stereocenters. The minimum atomic E-state index is -0.842. The van der Waals surface area contributed by atoms with Crippen LogP contribution in [0.1, 0.15) is 188 Å². The van der Waals surface area contributed by atoms with Crippen LogP contribution in [0.4, 0.5) is 0 Å². The highest BCUT2D eigenvalue weighted by atomic mass is 16.6. The second kappa shape index (κ2) is 51.9. The van der Waals surface area contributed by atoms with E-state index < -0.39 is 12.1 Å². The van der Waals surface area contributed by atoms with E-state index in [9.17, 15) is 14.4 Å². The van der Waals surface area contributed by atoms with Gasteiger partial charge in [0.15, 0.2) is 6.10 Å². The van der Waals surface area contributed by atoms with Crippen LogP contribution in [0, 0.1) is 0 Å². The van der Waals surface area contributed by atoms with E-state index in [0.717, 1.165) is 141 Å². The molecule has 1 atom stereocenters. The van der Waals surface area contributed by atoms with Crippen molar-refractivity contribution in [3.63, 3.8) is 0 Å². The average Bonchev–Trinajstić information content (AvgIpc) is 3.30. The van der Waals surface area contributed by atoms with Gasteiger partial charge in [0.1, 0.15) is 13.2 Å². The summed E-state index contributed by atoms with van der Waals surface area (Å²) in [5, 5.41) is 0. The smallest absolute Gasteiger partial charge is 0.306 e. The Morgan fingerprint density at radius 2 is 0.585 bits per heavy atom. The number of carbonyl (C=O) groups excluding carboxylic acids is 3. The highest BCUT2D eigenvalue weighted by Crippen LogP contribution is 2.11. The molecule has 6 heteroatoms. The monoisotopic (exact) mass is 895 g/mol. The number of hydrogen-bond donors (Lipinski definition) is 0. The zero-order valence-corrected chi connectivity index (χ0v) is 41.2. The molecule has 362 valence electrons. The molecule has 0 aliphatic rings. The number of allylic oxidation sites excluding steroid dienone is 24. The first-order valence-corrected chi connectivity index (χ1v) is 25.3. The molecule has 0 saturated carbocycles. The fraction of sp³-hybridized carbons (Fsp3) is 0.542.